The summed E-state index contributed by atoms with van der Waals surface area (Å²) in [5, 5.41) is 12.2. The Bertz CT molecular complexity index is 1360. The van der Waals surface area contributed by atoms with E-state index in [1.165, 1.54) is 42.1 Å². The summed E-state index contributed by atoms with van der Waals surface area (Å²) in [5.74, 6) is -0.298. The van der Waals surface area contributed by atoms with E-state index >= 15 is 0 Å². The molecule has 1 aromatic heterocycles. The number of hydrogen-bond donors (Lipinski definition) is 1. The fraction of sp³-hybridized carbons (Fsp3) is 0.214. The van der Waals surface area contributed by atoms with Gasteiger partial charge in [0.1, 0.15) is 11.6 Å². The van der Waals surface area contributed by atoms with E-state index in [1.807, 2.05) is 30.3 Å². The first-order valence-corrected chi connectivity index (χ1v) is 12.8. The van der Waals surface area contributed by atoms with Crippen LogP contribution in [0.5, 0.6) is 0 Å². The Morgan fingerprint density at radius 2 is 1.62 bits per heavy atom. The molecular weight excluding hydrogens is 494 g/mol. The average molecular weight is 521 g/mol. The van der Waals surface area contributed by atoms with Crippen LogP contribution in [0, 0.1) is 11.6 Å². The Kier molecular flexibility index (Phi) is 8.79. The van der Waals surface area contributed by atoms with Crippen LogP contribution < -0.4 is 5.32 Å². The van der Waals surface area contributed by atoms with Crippen molar-refractivity contribution in [3.05, 3.63) is 113 Å². The van der Waals surface area contributed by atoms with E-state index in [-0.39, 0.29) is 30.3 Å². The molecule has 190 valence electrons. The lowest BCUT2D eigenvalue weighted by atomic mass is 10.0. The molecule has 0 saturated carbocycles. The van der Waals surface area contributed by atoms with Gasteiger partial charge < -0.3 is 9.88 Å². The topological polar surface area (TPSA) is 76.9 Å². The van der Waals surface area contributed by atoms with Crippen molar-refractivity contribution in [1.82, 2.24) is 20.1 Å². The predicted molar refractivity (Wildman–Crippen MR) is 138 cm³/mol. The van der Waals surface area contributed by atoms with E-state index in [2.05, 4.69) is 15.5 Å². The van der Waals surface area contributed by atoms with Crippen LogP contribution in [-0.2, 0) is 24.0 Å². The molecule has 0 unspecified atom stereocenters. The van der Waals surface area contributed by atoms with Crippen molar-refractivity contribution in [3.63, 3.8) is 0 Å². The van der Waals surface area contributed by atoms with Crippen LogP contribution in [0.3, 0.4) is 0 Å². The lowest BCUT2D eigenvalue weighted by Crippen LogP contribution is -2.32. The Labute approximate surface area is 218 Å². The number of nitrogens with one attached hydrogen (secondary N) is 1. The molecule has 4 aromatic rings. The van der Waals surface area contributed by atoms with Crippen LogP contribution >= 0.6 is 11.8 Å². The number of thioether (sulfide) groups is 1. The maximum Gasteiger partial charge on any atom is 0.221 e. The van der Waals surface area contributed by atoms with Crippen LogP contribution in [0.25, 0.3) is 0 Å². The average Bonchev–Trinajstić information content (AvgIpc) is 3.27. The minimum absolute atomic E-state index is 0.00190. The van der Waals surface area contributed by atoms with Gasteiger partial charge in [0.2, 0.25) is 5.91 Å². The Morgan fingerprint density at radius 3 is 2.35 bits per heavy atom. The lowest BCUT2D eigenvalue weighted by Gasteiger charge is -2.18. The summed E-state index contributed by atoms with van der Waals surface area (Å²) >= 11 is 1.36. The molecule has 0 fully saturated rings. The highest BCUT2D eigenvalue weighted by molar-refractivity contribution is 7.98. The van der Waals surface area contributed by atoms with Crippen LogP contribution in [-0.4, -0.2) is 26.5 Å². The van der Waals surface area contributed by atoms with Crippen molar-refractivity contribution in [2.75, 3.05) is 0 Å². The van der Waals surface area contributed by atoms with Gasteiger partial charge >= 0.3 is 0 Å². The number of Topliss-reactive ketones (excluding diaryl/α,β-unsaturated/α-hetero) is 1. The molecule has 9 heteroatoms. The summed E-state index contributed by atoms with van der Waals surface area (Å²) in [5.41, 5.74) is 1.93. The maximum atomic E-state index is 14.0. The zero-order valence-corrected chi connectivity index (χ0v) is 21.1. The van der Waals surface area contributed by atoms with Crippen molar-refractivity contribution in [2.24, 2.45) is 7.05 Å². The van der Waals surface area contributed by atoms with Crippen LogP contribution in [0.1, 0.15) is 46.2 Å². The molecule has 1 atom stereocenters. The first-order valence-electron chi connectivity index (χ1n) is 11.8. The zero-order chi connectivity index (χ0) is 26.2. The van der Waals surface area contributed by atoms with Crippen LogP contribution in [0.2, 0.25) is 0 Å². The fourth-order valence-corrected chi connectivity index (χ4v) is 4.75. The van der Waals surface area contributed by atoms with Gasteiger partial charge in [0, 0.05) is 31.2 Å². The molecule has 0 bridgehead atoms. The third kappa shape index (κ3) is 7.10. The van der Waals surface area contributed by atoms with Crippen molar-refractivity contribution in [3.8, 4) is 0 Å². The van der Waals surface area contributed by atoms with Gasteiger partial charge in [-0.1, -0.05) is 60.3 Å². The van der Waals surface area contributed by atoms with Gasteiger partial charge in [-0.3, -0.25) is 9.59 Å². The van der Waals surface area contributed by atoms with Crippen molar-refractivity contribution in [1.29, 1.82) is 0 Å². The maximum absolute atomic E-state index is 14.0. The second kappa shape index (κ2) is 12.4. The molecule has 3 aromatic carbocycles. The molecule has 1 N–H and O–H groups in total. The van der Waals surface area contributed by atoms with Crippen LogP contribution in [0.4, 0.5) is 8.78 Å². The lowest BCUT2D eigenvalue weighted by molar-refractivity contribution is -0.121. The number of nitrogens with zero attached hydrogens (tertiary/aromatic N) is 3. The number of rotatable bonds is 11. The van der Waals surface area contributed by atoms with E-state index in [0.29, 0.717) is 34.3 Å². The molecule has 0 aliphatic carbocycles. The zero-order valence-electron chi connectivity index (χ0n) is 20.2. The number of amides is 1. The first kappa shape index (κ1) is 26.2. The molecular formula is C28H26F2N4O2S. The molecule has 0 aliphatic heterocycles. The van der Waals surface area contributed by atoms with Gasteiger partial charge in [-0.2, -0.15) is 0 Å². The molecule has 1 heterocycles. The van der Waals surface area contributed by atoms with E-state index in [4.69, 9.17) is 0 Å². The molecule has 0 spiro atoms. The number of benzene rings is 3. The third-order valence-corrected chi connectivity index (χ3v) is 6.93. The minimum Gasteiger partial charge on any atom is -0.346 e. The fourth-order valence-electron chi connectivity index (χ4n) is 3.84. The molecule has 0 aliphatic rings. The van der Waals surface area contributed by atoms with Gasteiger partial charge in [-0.15, -0.1) is 10.2 Å². The normalized spacial score (nSPS) is 11.8. The molecule has 0 saturated heterocycles. The SMILES string of the molecule is Cn1c(SCc2ccccc2F)nnc1[C@H](Cc1ccccc1)NC(=O)CCC(=O)c1ccc(F)cc1. The summed E-state index contributed by atoms with van der Waals surface area (Å²) < 4.78 is 28.9. The first-order chi connectivity index (χ1) is 17.9. The standard InChI is InChI=1S/C28H26F2N4O2S/c1-34-27(32-33-28(34)37-18-21-9-5-6-10-23(21)30)24(17-19-7-3-2-4-8-19)31-26(36)16-15-25(35)20-11-13-22(29)14-12-20/h2-14,24H,15-18H2,1H3,(H,31,36)/t24-/m0/s1. The molecule has 1 amide bonds. The molecule has 6 nitrogen and oxygen atoms in total. The van der Waals surface area contributed by atoms with Gasteiger partial charge in [-0.05, 0) is 47.9 Å². The third-order valence-electron chi connectivity index (χ3n) is 5.86. The number of carbonyl (C=O) groups is 2. The van der Waals surface area contributed by atoms with Gasteiger partial charge in [0.05, 0.1) is 6.04 Å². The van der Waals surface area contributed by atoms with E-state index in [9.17, 15) is 18.4 Å². The number of hydrogen-bond acceptors (Lipinski definition) is 5. The van der Waals surface area contributed by atoms with Crippen LogP contribution in [0.15, 0.2) is 84.0 Å². The highest BCUT2D eigenvalue weighted by atomic mass is 32.2. The summed E-state index contributed by atoms with van der Waals surface area (Å²) in [6, 6.07) is 21.0. The van der Waals surface area contributed by atoms with Crippen molar-refractivity contribution in [2.45, 2.75) is 36.2 Å². The summed E-state index contributed by atoms with van der Waals surface area (Å²) in [7, 11) is 1.81. The van der Waals surface area contributed by atoms with Gasteiger partial charge in [0.25, 0.3) is 0 Å². The number of carbonyl (C=O) groups excluding carboxylic acids is 2. The molecule has 0 radical (unpaired) electrons. The van der Waals surface area contributed by atoms with E-state index in [0.717, 1.165) is 5.56 Å². The van der Waals surface area contributed by atoms with Crippen molar-refractivity contribution < 1.29 is 18.4 Å². The molecule has 37 heavy (non-hydrogen) atoms. The van der Waals surface area contributed by atoms with Gasteiger partial charge in [-0.25, -0.2) is 8.78 Å². The molecule has 4 rings (SSSR count). The Hall–Kier alpha value is -3.85. The highest BCUT2D eigenvalue weighted by Gasteiger charge is 2.23. The monoisotopic (exact) mass is 520 g/mol. The predicted octanol–water partition coefficient (Wildman–Crippen LogP) is 5.45. The van der Waals surface area contributed by atoms with Crippen molar-refractivity contribution >= 4 is 23.5 Å². The second-order valence-corrected chi connectivity index (χ2v) is 9.46. The second-order valence-electron chi connectivity index (χ2n) is 8.52. The summed E-state index contributed by atoms with van der Waals surface area (Å²) in [6.07, 6.45) is 0.453. The smallest absolute Gasteiger partial charge is 0.221 e. The Balaban J connectivity index is 1.45. The summed E-state index contributed by atoms with van der Waals surface area (Å²) in [6.45, 7) is 0. The van der Waals surface area contributed by atoms with Gasteiger partial charge in [0.15, 0.2) is 16.8 Å². The summed E-state index contributed by atoms with van der Waals surface area (Å²) in [4.78, 5) is 25.3. The van der Waals surface area contributed by atoms with E-state index < -0.39 is 11.9 Å². The number of ketones is 1. The quantitative estimate of drug-likeness (QED) is 0.210. The number of aromatic nitrogens is 3. The minimum atomic E-state index is -0.490. The highest BCUT2D eigenvalue weighted by Crippen LogP contribution is 2.25. The number of halogens is 2. The Morgan fingerprint density at radius 1 is 0.919 bits per heavy atom. The largest absolute Gasteiger partial charge is 0.346 e. The van der Waals surface area contributed by atoms with E-state index in [1.54, 1.807) is 29.8 Å².